The molecule has 3 nitrogen and oxygen atoms in total. The van der Waals surface area contributed by atoms with Crippen molar-refractivity contribution in [2.45, 2.75) is 31.2 Å². The molecule has 1 aromatic heterocycles. The minimum atomic E-state index is -4.64. The standard InChI is InChI=1S/C19H17F3O3S/c1-2-24-17(23)14-10-11-18(19(20,21)22,15-9-6-12-26-15)25-16(14)13-7-4-3-5-8-13/h3-10,12,16H,2,11H2,1H3/t16-,18-/m1/s1. The summed E-state index contributed by atoms with van der Waals surface area (Å²) < 4.78 is 52.9. The number of esters is 1. The van der Waals surface area contributed by atoms with Gasteiger partial charge in [0.2, 0.25) is 5.60 Å². The molecule has 7 heteroatoms. The van der Waals surface area contributed by atoms with Crippen LogP contribution in [0.5, 0.6) is 0 Å². The van der Waals surface area contributed by atoms with E-state index < -0.39 is 30.3 Å². The monoisotopic (exact) mass is 382 g/mol. The fourth-order valence-electron chi connectivity index (χ4n) is 2.94. The van der Waals surface area contributed by atoms with E-state index in [-0.39, 0.29) is 17.1 Å². The average molecular weight is 382 g/mol. The highest BCUT2D eigenvalue weighted by molar-refractivity contribution is 7.10. The Morgan fingerprint density at radius 3 is 2.58 bits per heavy atom. The molecule has 0 bridgehead atoms. The number of alkyl halides is 3. The molecule has 0 amide bonds. The summed E-state index contributed by atoms with van der Waals surface area (Å²) in [6, 6.07) is 11.4. The fraction of sp³-hybridized carbons (Fsp3) is 0.316. The molecule has 2 atom stereocenters. The molecule has 2 aromatic rings. The van der Waals surface area contributed by atoms with E-state index in [9.17, 15) is 18.0 Å². The summed E-state index contributed by atoms with van der Waals surface area (Å²) in [5, 5.41) is 1.58. The number of ether oxygens (including phenoxy) is 2. The van der Waals surface area contributed by atoms with Crippen LogP contribution in [0.4, 0.5) is 13.2 Å². The Hall–Kier alpha value is -2.12. The van der Waals surface area contributed by atoms with Crippen molar-refractivity contribution in [2.75, 3.05) is 6.61 Å². The van der Waals surface area contributed by atoms with Gasteiger partial charge < -0.3 is 9.47 Å². The van der Waals surface area contributed by atoms with Gasteiger partial charge in [-0.1, -0.05) is 42.5 Å². The highest BCUT2D eigenvalue weighted by atomic mass is 32.1. The van der Waals surface area contributed by atoms with Crippen molar-refractivity contribution in [3.05, 3.63) is 69.9 Å². The van der Waals surface area contributed by atoms with Crippen LogP contribution in [0.25, 0.3) is 0 Å². The van der Waals surface area contributed by atoms with Crippen LogP contribution in [0.15, 0.2) is 59.5 Å². The van der Waals surface area contributed by atoms with Gasteiger partial charge in [0.15, 0.2) is 0 Å². The highest BCUT2D eigenvalue weighted by Crippen LogP contribution is 2.53. The van der Waals surface area contributed by atoms with Crippen molar-refractivity contribution >= 4 is 17.3 Å². The molecule has 1 aliphatic heterocycles. The van der Waals surface area contributed by atoms with E-state index in [0.717, 1.165) is 11.3 Å². The van der Waals surface area contributed by atoms with Gasteiger partial charge in [0.1, 0.15) is 6.10 Å². The molecule has 0 radical (unpaired) electrons. The van der Waals surface area contributed by atoms with Gasteiger partial charge in [-0.3, -0.25) is 0 Å². The van der Waals surface area contributed by atoms with Crippen molar-refractivity contribution in [1.82, 2.24) is 0 Å². The lowest BCUT2D eigenvalue weighted by molar-refractivity contribution is -0.297. The maximum atomic E-state index is 14.1. The van der Waals surface area contributed by atoms with Crippen LogP contribution in [0.1, 0.15) is 29.9 Å². The van der Waals surface area contributed by atoms with Gasteiger partial charge in [-0.05, 0) is 23.9 Å². The normalized spacial score (nSPS) is 23.4. The zero-order valence-electron chi connectivity index (χ0n) is 14.0. The van der Waals surface area contributed by atoms with Crippen molar-refractivity contribution in [1.29, 1.82) is 0 Å². The van der Waals surface area contributed by atoms with Gasteiger partial charge in [-0.15, -0.1) is 11.3 Å². The molecule has 0 saturated heterocycles. The number of benzene rings is 1. The van der Waals surface area contributed by atoms with Crippen LogP contribution in [-0.2, 0) is 19.9 Å². The lowest BCUT2D eigenvalue weighted by atomic mass is 9.88. The summed E-state index contributed by atoms with van der Waals surface area (Å²) in [7, 11) is 0. The molecular weight excluding hydrogens is 365 g/mol. The Bertz CT molecular complexity index is 784. The second kappa shape index (κ2) is 7.25. The van der Waals surface area contributed by atoms with Gasteiger partial charge in [0, 0.05) is 11.3 Å². The molecule has 0 aliphatic carbocycles. The van der Waals surface area contributed by atoms with Crippen molar-refractivity contribution in [3.8, 4) is 0 Å². The molecule has 1 aromatic carbocycles. The molecule has 0 N–H and O–H groups in total. The maximum Gasteiger partial charge on any atom is 0.422 e. The first kappa shape index (κ1) is 18.7. The number of halogens is 3. The minimum absolute atomic E-state index is 0.0603. The summed E-state index contributed by atoms with van der Waals surface area (Å²) in [4.78, 5) is 12.3. The molecular formula is C19H17F3O3S. The molecule has 2 heterocycles. The van der Waals surface area contributed by atoms with E-state index in [1.54, 1.807) is 48.7 Å². The molecule has 3 rings (SSSR count). The Morgan fingerprint density at radius 2 is 2.00 bits per heavy atom. The summed E-state index contributed by atoms with van der Waals surface area (Å²) >= 11 is 0.982. The number of thiophene rings is 1. The third-order valence-corrected chi connectivity index (χ3v) is 5.21. The second-order valence-electron chi connectivity index (χ2n) is 5.79. The number of rotatable bonds is 4. The Morgan fingerprint density at radius 1 is 1.27 bits per heavy atom. The molecule has 1 aliphatic rings. The number of carbonyl (C=O) groups excluding carboxylic acids is 1. The Labute approximate surface area is 153 Å². The molecule has 0 unspecified atom stereocenters. The lowest BCUT2D eigenvalue weighted by Gasteiger charge is -2.41. The zero-order valence-corrected chi connectivity index (χ0v) is 14.8. The van der Waals surface area contributed by atoms with Crippen molar-refractivity contribution in [2.24, 2.45) is 0 Å². The number of hydrogen-bond donors (Lipinski definition) is 0. The first-order valence-electron chi connectivity index (χ1n) is 8.09. The molecule has 138 valence electrons. The number of carbonyl (C=O) groups is 1. The quantitative estimate of drug-likeness (QED) is 0.686. The largest absolute Gasteiger partial charge is 0.463 e. The summed E-state index contributed by atoms with van der Waals surface area (Å²) in [6.45, 7) is 1.78. The Kier molecular flexibility index (Phi) is 5.20. The van der Waals surface area contributed by atoms with Gasteiger partial charge in [0.25, 0.3) is 0 Å². The SMILES string of the molecule is CCOC(=O)C1=CC[C@@](c2cccs2)(C(F)(F)F)O[C@@H]1c1ccccc1. The van der Waals surface area contributed by atoms with E-state index in [0.29, 0.717) is 5.56 Å². The first-order valence-corrected chi connectivity index (χ1v) is 8.97. The van der Waals surface area contributed by atoms with Gasteiger partial charge in [0.05, 0.1) is 12.2 Å². The van der Waals surface area contributed by atoms with Crippen LogP contribution >= 0.6 is 11.3 Å². The second-order valence-corrected chi connectivity index (χ2v) is 6.74. The van der Waals surface area contributed by atoms with E-state index in [1.165, 1.54) is 12.1 Å². The lowest BCUT2D eigenvalue weighted by Crippen LogP contribution is -2.47. The van der Waals surface area contributed by atoms with Gasteiger partial charge in [-0.25, -0.2) is 4.79 Å². The van der Waals surface area contributed by atoms with Crippen molar-refractivity contribution in [3.63, 3.8) is 0 Å². The topological polar surface area (TPSA) is 35.5 Å². The van der Waals surface area contributed by atoms with Crippen LogP contribution in [0, 0.1) is 0 Å². The summed E-state index contributed by atoms with van der Waals surface area (Å²) in [5.41, 5.74) is -1.93. The van der Waals surface area contributed by atoms with E-state index in [2.05, 4.69) is 0 Å². The van der Waals surface area contributed by atoms with E-state index in [4.69, 9.17) is 9.47 Å². The summed E-state index contributed by atoms with van der Waals surface area (Å²) in [6.07, 6.45) is -4.98. The zero-order chi connectivity index (χ0) is 18.8. The van der Waals surface area contributed by atoms with Crippen LogP contribution in [0.3, 0.4) is 0 Å². The highest BCUT2D eigenvalue weighted by Gasteiger charge is 2.60. The molecule has 0 saturated carbocycles. The molecule has 0 spiro atoms. The van der Waals surface area contributed by atoms with Crippen LogP contribution < -0.4 is 0 Å². The third-order valence-electron chi connectivity index (χ3n) is 4.20. The third kappa shape index (κ3) is 3.29. The van der Waals surface area contributed by atoms with Crippen molar-refractivity contribution < 1.29 is 27.4 Å². The first-order chi connectivity index (χ1) is 12.4. The van der Waals surface area contributed by atoms with Crippen LogP contribution in [0.2, 0.25) is 0 Å². The maximum absolute atomic E-state index is 14.1. The molecule has 26 heavy (non-hydrogen) atoms. The van der Waals surface area contributed by atoms with Gasteiger partial charge in [-0.2, -0.15) is 13.2 Å². The van der Waals surface area contributed by atoms with E-state index >= 15 is 0 Å². The van der Waals surface area contributed by atoms with Crippen LogP contribution in [-0.4, -0.2) is 18.8 Å². The summed E-state index contributed by atoms with van der Waals surface area (Å²) in [5.74, 6) is -0.664. The van der Waals surface area contributed by atoms with Gasteiger partial charge >= 0.3 is 12.1 Å². The van der Waals surface area contributed by atoms with E-state index in [1.807, 2.05) is 0 Å². The predicted molar refractivity (Wildman–Crippen MR) is 91.7 cm³/mol. The fourth-order valence-corrected chi connectivity index (χ4v) is 3.84. The average Bonchev–Trinajstić information content (AvgIpc) is 3.16. The number of hydrogen-bond acceptors (Lipinski definition) is 4. The Balaban J connectivity index is 2.11. The smallest absolute Gasteiger partial charge is 0.422 e. The molecule has 0 fully saturated rings. The predicted octanol–water partition coefficient (Wildman–Crippen LogP) is 5.16. The minimum Gasteiger partial charge on any atom is -0.463 e.